The Bertz CT molecular complexity index is 1380. The highest BCUT2D eigenvalue weighted by Gasteiger charge is 2.40. The number of fused-ring (bicyclic) bond motifs is 1. The average Bonchev–Trinajstić information content (AvgIpc) is 3.36. The second kappa shape index (κ2) is 10.7. The fraction of sp³-hybridized carbons (Fsp3) is 0.207. The molecule has 0 aliphatic carbocycles. The van der Waals surface area contributed by atoms with E-state index in [-0.39, 0.29) is 11.9 Å². The molecule has 3 aromatic carbocycles. The Balaban J connectivity index is 1.52. The lowest BCUT2D eigenvalue weighted by atomic mass is 9.86. The molecule has 36 heavy (non-hydrogen) atoms. The molecule has 0 N–H and O–H groups in total. The lowest BCUT2D eigenvalue weighted by Gasteiger charge is -2.35. The monoisotopic (exact) mass is 516 g/mol. The van der Waals surface area contributed by atoms with Crippen LogP contribution in [0.2, 0.25) is 10.0 Å². The minimum absolute atomic E-state index is 0.00765. The summed E-state index contributed by atoms with van der Waals surface area (Å²) in [4.78, 5) is 21.0. The predicted octanol–water partition coefficient (Wildman–Crippen LogP) is 6.77. The maximum atomic E-state index is 14.3. The number of rotatable bonds is 7. The van der Waals surface area contributed by atoms with Crippen LogP contribution in [0.15, 0.2) is 96.1 Å². The van der Waals surface area contributed by atoms with Gasteiger partial charge in [-0.15, -0.1) is 0 Å². The van der Waals surface area contributed by atoms with Crippen LogP contribution in [0.1, 0.15) is 29.7 Å². The molecule has 7 heteroatoms. The number of halogens is 2. The molecule has 0 bridgehead atoms. The third-order valence-electron chi connectivity index (χ3n) is 6.56. The molecule has 5 rings (SSSR count). The van der Waals surface area contributed by atoms with Crippen molar-refractivity contribution < 1.29 is 4.79 Å². The van der Waals surface area contributed by atoms with Crippen LogP contribution in [0, 0.1) is 5.92 Å². The molecule has 1 amide bonds. The molecule has 4 aromatic rings. The number of aliphatic imine (C=N–C) groups is 1. The van der Waals surface area contributed by atoms with E-state index in [0.29, 0.717) is 29.0 Å². The van der Waals surface area contributed by atoms with Crippen LogP contribution in [0.5, 0.6) is 0 Å². The molecule has 2 atom stereocenters. The van der Waals surface area contributed by atoms with E-state index in [4.69, 9.17) is 28.2 Å². The van der Waals surface area contributed by atoms with Gasteiger partial charge in [-0.3, -0.25) is 4.79 Å². The van der Waals surface area contributed by atoms with Gasteiger partial charge in [0.25, 0.3) is 0 Å². The van der Waals surface area contributed by atoms with Gasteiger partial charge in [-0.25, -0.2) is 9.67 Å². The van der Waals surface area contributed by atoms with E-state index < -0.39 is 5.92 Å². The van der Waals surface area contributed by atoms with Crippen molar-refractivity contribution in [2.75, 3.05) is 6.54 Å². The van der Waals surface area contributed by atoms with E-state index in [2.05, 4.69) is 17.2 Å². The zero-order valence-electron chi connectivity index (χ0n) is 19.9. The van der Waals surface area contributed by atoms with Crippen molar-refractivity contribution in [2.45, 2.75) is 25.9 Å². The standard InChI is InChI=1S/C29H26Cl2N4O/c1-20-27(28(35-26(33-20)14-16-32-35)23-12-13-24(30)25(31)18-23)29(36)34(19-22-10-6-3-7-11-22)17-15-21-8-4-2-5-9-21/h2-14,16,18,27-28H,15,17,19H2,1H3. The number of hydrogen-bond acceptors (Lipinski definition) is 3. The lowest BCUT2D eigenvalue weighted by Crippen LogP contribution is -2.45. The molecule has 1 aliphatic rings. The van der Waals surface area contributed by atoms with Crippen LogP contribution in [0.3, 0.4) is 0 Å². The Hall–Kier alpha value is -3.41. The zero-order valence-corrected chi connectivity index (χ0v) is 21.4. The van der Waals surface area contributed by atoms with Crippen LogP contribution in [0.25, 0.3) is 0 Å². The number of benzene rings is 3. The minimum atomic E-state index is -0.533. The maximum Gasteiger partial charge on any atom is 0.234 e. The molecule has 5 nitrogen and oxygen atoms in total. The van der Waals surface area contributed by atoms with Gasteiger partial charge in [0.1, 0.15) is 5.92 Å². The lowest BCUT2D eigenvalue weighted by molar-refractivity contribution is -0.135. The first-order valence-electron chi connectivity index (χ1n) is 11.9. The SMILES string of the molecule is CC1=Nc2ccnn2C(c2ccc(Cl)c(Cl)c2)C1C(=O)N(CCc1ccccc1)Cc1ccccc1. The normalized spacial score (nSPS) is 16.8. The fourth-order valence-electron chi connectivity index (χ4n) is 4.75. The van der Waals surface area contributed by atoms with E-state index in [1.807, 2.05) is 83.2 Å². The number of amides is 1. The van der Waals surface area contributed by atoms with Crippen LogP contribution >= 0.6 is 23.2 Å². The number of hydrogen-bond donors (Lipinski definition) is 0. The third kappa shape index (κ3) is 5.08. The second-order valence-corrected chi connectivity index (χ2v) is 9.78. The van der Waals surface area contributed by atoms with Crippen molar-refractivity contribution in [3.8, 4) is 0 Å². The van der Waals surface area contributed by atoms with Gasteiger partial charge in [0.05, 0.1) is 22.3 Å². The molecule has 1 aliphatic heterocycles. The highest BCUT2D eigenvalue weighted by Crippen LogP contribution is 2.39. The Morgan fingerprint density at radius 1 is 0.917 bits per heavy atom. The molecule has 182 valence electrons. The summed E-state index contributed by atoms with van der Waals surface area (Å²) in [5.41, 5.74) is 3.88. The summed E-state index contributed by atoms with van der Waals surface area (Å²) in [5, 5.41) is 5.45. The summed E-state index contributed by atoms with van der Waals surface area (Å²) in [7, 11) is 0. The van der Waals surface area contributed by atoms with Gasteiger partial charge in [-0.2, -0.15) is 5.10 Å². The molecule has 0 saturated heterocycles. The van der Waals surface area contributed by atoms with Crippen LogP contribution in [-0.4, -0.2) is 32.8 Å². The zero-order chi connectivity index (χ0) is 25.1. The molecule has 0 radical (unpaired) electrons. The summed E-state index contributed by atoms with van der Waals surface area (Å²) in [5.74, 6) is 0.189. The number of carbonyl (C=O) groups excluding carboxylic acids is 1. The molecule has 2 unspecified atom stereocenters. The molecular formula is C29H26Cl2N4O. The fourth-order valence-corrected chi connectivity index (χ4v) is 5.06. The maximum absolute atomic E-state index is 14.3. The predicted molar refractivity (Wildman–Crippen MR) is 145 cm³/mol. The van der Waals surface area contributed by atoms with E-state index in [9.17, 15) is 4.79 Å². The first-order valence-corrected chi connectivity index (χ1v) is 12.7. The summed E-state index contributed by atoms with van der Waals surface area (Å²) < 4.78 is 1.81. The van der Waals surface area contributed by atoms with Crippen molar-refractivity contribution >= 4 is 40.6 Å². The minimum Gasteiger partial charge on any atom is -0.337 e. The molecule has 0 fully saturated rings. The van der Waals surface area contributed by atoms with Crippen molar-refractivity contribution in [2.24, 2.45) is 10.9 Å². The molecule has 0 saturated carbocycles. The second-order valence-electron chi connectivity index (χ2n) is 8.96. The van der Waals surface area contributed by atoms with Crippen molar-refractivity contribution in [3.63, 3.8) is 0 Å². The summed E-state index contributed by atoms with van der Waals surface area (Å²) in [6.45, 7) is 3.01. The smallest absolute Gasteiger partial charge is 0.234 e. The topological polar surface area (TPSA) is 50.5 Å². The van der Waals surface area contributed by atoms with Crippen molar-refractivity contribution in [3.05, 3.63) is 118 Å². The van der Waals surface area contributed by atoms with Crippen LogP contribution in [-0.2, 0) is 17.8 Å². The number of nitrogens with zero attached hydrogens (tertiary/aromatic N) is 4. The van der Waals surface area contributed by atoms with Gasteiger partial charge < -0.3 is 4.90 Å². The van der Waals surface area contributed by atoms with Crippen molar-refractivity contribution in [1.29, 1.82) is 0 Å². The van der Waals surface area contributed by atoms with Gasteiger partial charge in [0, 0.05) is 24.9 Å². The van der Waals surface area contributed by atoms with E-state index in [1.54, 1.807) is 12.3 Å². The Labute approximate surface area is 221 Å². The van der Waals surface area contributed by atoms with Crippen LogP contribution < -0.4 is 0 Å². The summed E-state index contributed by atoms with van der Waals surface area (Å²) in [6, 6.07) is 27.3. The van der Waals surface area contributed by atoms with Gasteiger partial charge in [-0.05, 0) is 42.2 Å². The Kier molecular flexibility index (Phi) is 7.21. The Morgan fingerprint density at radius 3 is 2.31 bits per heavy atom. The van der Waals surface area contributed by atoms with Gasteiger partial charge >= 0.3 is 0 Å². The van der Waals surface area contributed by atoms with E-state index in [0.717, 1.165) is 23.3 Å². The first-order chi connectivity index (χ1) is 17.5. The highest BCUT2D eigenvalue weighted by atomic mass is 35.5. The first kappa shape index (κ1) is 24.3. The van der Waals surface area contributed by atoms with Crippen molar-refractivity contribution in [1.82, 2.24) is 14.7 Å². The number of aromatic nitrogens is 2. The summed E-state index contributed by atoms with van der Waals surface area (Å²) >= 11 is 12.6. The van der Waals surface area contributed by atoms with E-state index >= 15 is 0 Å². The quantitative estimate of drug-likeness (QED) is 0.272. The average molecular weight is 517 g/mol. The third-order valence-corrected chi connectivity index (χ3v) is 7.30. The number of carbonyl (C=O) groups is 1. The van der Waals surface area contributed by atoms with Gasteiger partial charge in [0.15, 0.2) is 5.82 Å². The Morgan fingerprint density at radius 2 is 1.61 bits per heavy atom. The van der Waals surface area contributed by atoms with Crippen LogP contribution in [0.4, 0.5) is 5.82 Å². The van der Waals surface area contributed by atoms with E-state index in [1.165, 1.54) is 5.56 Å². The molecule has 2 heterocycles. The van der Waals surface area contributed by atoms with Gasteiger partial charge in [0.2, 0.25) is 5.91 Å². The largest absolute Gasteiger partial charge is 0.337 e. The molecule has 1 aromatic heterocycles. The molecule has 0 spiro atoms. The highest BCUT2D eigenvalue weighted by molar-refractivity contribution is 6.42. The summed E-state index contributed by atoms with van der Waals surface area (Å²) in [6.07, 6.45) is 2.47. The van der Waals surface area contributed by atoms with Gasteiger partial charge in [-0.1, -0.05) is 89.9 Å². The molecular weight excluding hydrogens is 491 g/mol.